The number of aryl methyl sites for hydroxylation is 1. The summed E-state index contributed by atoms with van der Waals surface area (Å²) in [6, 6.07) is 6.37. The summed E-state index contributed by atoms with van der Waals surface area (Å²) in [6.07, 6.45) is 3.54. The third kappa shape index (κ3) is 1.71. The molecular formula is C14H21NO. The van der Waals surface area contributed by atoms with Crippen LogP contribution in [0.3, 0.4) is 0 Å². The van der Waals surface area contributed by atoms with Crippen molar-refractivity contribution >= 4 is 0 Å². The van der Waals surface area contributed by atoms with E-state index >= 15 is 0 Å². The Bertz CT molecular complexity index is 388. The van der Waals surface area contributed by atoms with Gasteiger partial charge in [0.1, 0.15) is 5.75 Å². The Morgan fingerprint density at radius 3 is 2.75 bits per heavy atom. The molecule has 2 heteroatoms. The molecule has 2 N–H and O–H groups in total. The van der Waals surface area contributed by atoms with Crippen molar-refractivity contribution in [1.82, 2.24) is 0 Å². The Labute approximate surface area is 97.8 Å². The highest BCUT2D eigenvalue weighted by atomic mass is 16.5. The molecule has 1 aliphatic rings. The second kappa shape index (κ2) is 4.10. The molecule has 1 aromatic carbocycles. The summed E-state index contributed by atoms with van der Waals surface area (Å²) in [5.74, 6) is 1.50. The van der Waals surface area contributed by atoms with Gasteiger partial charge in [-0.25, -0.2) is 0 Å². The lowest BCUT2D eigenvalue weighted by molar-refractivity contribution is 0.345. The van der Waals surface area contributed by atoms with Gasteiger partial charge in [0.15, 0.2) is 0 Å². The molecule has 0 bridgehead atoms. The Balaban J connectivity index is 2.40. The number of hydrogen-bond donors (Lipinski definition) is 1. The molecule has 0 radical (unpaired) electrons. The fourth-order valence-electron chi connectivity index (χ4n) is 2.74. The zero-order valence-electron chi connectivity index (χ0n) is 10.4. The van der Waals surface area contributed by atoms with E-state index in [-0.39, 0.29) is 5.54 Å². The molecule has 88 valence electrons. The maximum absolute atomic E-state index is 6.54. The van der Waals surface area contributed by atoms with E-state index in [0.29, 0.717) is 5.92 Å². The summed E-state index contributed by atoms with van der Waals surface area (Å²) in [5.41, 5.74) is 8.78. The maximum Gasteiger partial charge on any atom is 0.122 e. The molecule has 2 nitrogen and oxygen atoms in total. The normalized spacial score (nSPS) is 29.4. The van der Waals surface area contributed by atoms with Crippen LogP contribution in [0.15, 0.2) is 18.2 Å². The third-order valence-corrected chi connectivity index (χ3v) is 4.05. The van der Waals surface area contributed by atoms with Crippen LogP contribution in [-0.4, -0.2) is 7.11 Å². The quantitative estimate of drug-likeness (QED) is 0.830. The Kier molecular flexibility index (Phi) is 2.94. The average molecular weight is 219 g/mol. The van der Waals surface area contributed by atoms with Crippen molar-refractivity contribution in [3.63, 3.8) is 0 Å². The summed E-state index contributed by atoms with van der Waals surface area (Å²) in [7, 11) is 1.72. The van der Waals surface area contributed by atoms with Gasteiger partial charge in [-0.2, -0.15) is 0 Å². The predicted molar refractivity (Wildman–Crippen MR) is 66.6 cm³/mol. The van der Waals surface area contributed by atoms with Crippen molar-refractivity contribution in [3.8, 4) is 5.75 Å². The van der Waals surface area contributed by atoms with Crippen molar-refractivity contribution < 1.29 is 4.74 Å². The van der Waals surface area contributed by atoms with Gasteiger partial charge in [0.2, 0.25) is 0 Å². The first-order valence-corrected chi connectivity index (χ1v) is 6.02. The van der Waals surface area contributed by atoms with Crippen LogP contribution in [0, 0.1) is 12.8 Å². The van der Waals surface area contributed by atoms with Gasteiger partial charge < -0.3 is 10.5 Å². The monoisotopic (exact) mass is 219 g/mol. The van der Waals surface area contributed by atoms with Gasteiger partial charge in [-0.05, 0) is 42.9 Å². The molecule has 0 aliphatic heterocycles. The van der Waals surface area contributed by atoms with Gasteiger partial charge in [0.25, 0.3) is 0 Å². The molecule has 2 rings (SSSR count). The van der Waals surface area contributed by atoms with E-state index < -0.39 is 0 Å². The lowest BCUT2D eigenvalue weighted by atomic mass is 9.82. The van der Waals surface area contributed by atoms with Crippen LogP contribution in [-0.2, 0) is 5.54 Å². The number of methoxy groups -OCH3 is 1. The van der Waals surface area contributed by atoms with E-state index in [9.17, 15) is 0 Å². The van der Waals surface area contributed by atoms with Crippen molar-refractivity contribution in [1.29, 1.82) is 0 Å². The molecular weight excluding hydrogens is 198 g/mol. The van der Waals surface area contributed by atoms with Crippen LogP contribution in [0.25, 0.3) is 0 Å². The van der Waals surface area contributed by atoms with Crippen molar-refractivity contribution in [2.45, 2.75) is 38.6 Å². The fraction of sp³-hybridized carbons (Fsp3) is 0.571. The summed E-state index contributed by atoms with van der Waals surface area (Å²) in [5, 5.41) is 0. The first-order valence-electron chi connectivity index (χ1n) is 6.02. The molecule has 2 atom stereocenters. The first-order chi connectivity index (χ1) is 7.58. The third-order valence-electron chi connectivity index (χ3n) is 4.05. The van der Waals surface area contributed by atoms with Crippen LogP contribution in [0.1, 0.15) is 37.3 Å². The summed E-state index contributed by atoms with van der Waals surface area (Å²) in [6.45, 7) is 4.31. The molecule has 0 heterocycles. The molecule has 0 amide bonds. The average Bonchev–Trinajstić information content (AvgIpc) is 2.61. The van der Waals surface area contributed by atoms with Gasteiger partial charge in [-0.1, -0.05) is 25.5 Å². The molecule has 16 heavy (non-hydrogen) atoms. The van der Waals surface area contributed by atoms with Crippen LogP contribution >= 0.6 is 0 Å². The SMILES string of the molecule is COc1cc(C2(N)CCCC2C)ccc1C. The van der Waals surface area contributed by atoms with Crippen molar-refractivity contribution in [2.75, 3.05) is 7.11 Å². The van der Waals surface area contributed by atoms with E-state index in [1.807, 2.05) is 0 Å². The predicted octanol–water partition coefficient (Wildman–Crippen LogP) is 2.98. The van der Waals surface area contributed by atoms with Gasteiger partial charge in [-0.15, -0.1) is 0 Å². The van der Waals surface area contributed by atoms with E-state index in [0.717, 1.165) is 12.2 Å². The smallest absolute Gasteiger partial charge is 0.122 e. The lowest BCUT2D eigenvalue weighted by Crippen LogP contribution is -2.39. The molecule has 1 aliphatic carbocycles. The molecule has 0 aromatic heterocycles. The summed E-state index contributed by atoms with van der Waals surface area (Å²) >= 11 is 0. The molecule has 1 fully saturated rings. The topological polar surface area (TPSA) is 35.2 Å². The molecule has 0 saturated heterocycles. The Morgan fingerprint density at radius 1 is 1.44 bits per heavy atom. The van der Waals surface area contributed by atoms with Gasteiger partial charge in [0, 0.05) is 5.54 Å². The zero-order chi connectivity index (χ0) is 11.8. The summed E-state index contributed by atoms with van der Waals surface area (Å²) < 4.78 is 5.37. The minimum absolute atomic E-state index is 0.152. The summed E-state index contributed by atoms with van der Waals surface area (Å²) in [4.78, 5) is 0. The van der Waals surface area contributed by atoms with Crippen LogP contribution in [0.4, 0.5) is 0 Å². The Morgan fingerprint density at radius 2 is 2.19 bits per heavy atom. The van der Waals surface area contributed by atoms with Gasteiger partial charge in [-0.3, -0.25) is 0 Å². The minimum atomic E-state index is -0.152. The number of benzene rings is 1. The number of ether oxygens (including phenoxy) is 1. The van der Waals surface area contributed by atoms with Crippen molar-refractivity contribution in [2.24, 2.45) is 11.7 Å². The zero-order valence-corrected chi connectivity index (χ0v) is 10.4. The molecule has 1 aromatic rings. The van der Waals surface area contributed by atoms with Crippen molar-refractivity contribution in [3.05, 3.63) is 29.3 Å². The lowest BCUT2D eigenvalue weighted by Gasteiger charge is -2.30. The fourth-order valence-corrected chi connectivity index (χ4v) is 2.74. The van der Waals surface area contributed by atoms with E-state index in [1.54, 1.807) is 7.11 Å². The number of hydrogen-bond acceptors (Lipinski definition) is 2. The number of nitrogens with two attached hydrogens (primary N) is 1. The van der Waals surface area contributed by atoms with Gasteiger partial charge >= 0.3 is 0 Å². The van der Waals surface area contributed by atoms with Gasteiger partial charge in [0.05, 0.1) is 7.11 Å². The molecule has 2 unspecified atom stereocenters. The molecule has 0 spiro atoms. The van der Waals surface area contributed by atoms with E-state index in [4.69, 9.17) is 10.5 Å². The highest BCUT2D eigenvalue weighted by molar-refractivity contribution is 5.40. The van der Waals surface area contributed by atoms with E-state index in [2.05, 4.69) is 32.0 Å². The second-order valence-electron chi connectivity index (χ2n) is 5.02. The highest BCUT2D eigenvalue weighted by Crippen LogP contribution is 2.42. The number of rotatable bonds is 2. The van der Waals surface area contributed by atoms with Crippen LogP contribution < -0.4 is 10.5 Å². The van der Waals surface area contributed by atoms with Crippen LogP contribution in [0.2, 0.25) is 0 Å². The van der Waals surface area contributed by atoms with Crippen LogP contribution in [0.5, 0.6) is 5.75 Å². The maximum atomic E-state index is 6.54. The first kappa shape index (κ1) is 11.5. The van der Waals surface area contributed by atoms with E-state index in [1.165, 1.54) is 24.0 Å². The highest BCUT2D eigenvalue weighted by Gasteiger charge is 2.38. The minimum Gasteiger partial charge on any atom is -0.496 e. The molecule has 1 saturated carbocycles. The largest absolute Gasteiger partial charge is 0.496 e. The Hall–Kier alpha value is -1.02. The standard InChI is InChI=1S/C14H21NO/c1-10-6-7-12(9-13(10)16-3)14(15)8-4-5-11(14)2/h6-7,9,11H,4-5,8,15H2,1-3H3. The second-order valence-corrected chi connectivity index (χ2v) is 5.02.